The second-order valence-corrected chi connectivity index (χ2v) is 1.34. The fourth-order valence-electron chi connectivity index (χ4n) is 0. The normalized spacial score (nSPS) is 8.29. The van der Waals surface area contributed by atoms with Crippen LogP contribution in [0.2, 0.25) is 0 Å². The van der Waals surface area contributed by atoms with Gasteiger partial charge in [0.05, 0.1) is 0 Å². The van der Waals surface area contributed by atoms with Gasteiger partial charge in [-0.1, -0.05) is 0 Å². The van der Waals surface area contributed by atoms with Crippen molar-refractivity contribution in [1.82, 2.24) is 0 Å². The van der Waals surface area contributed by atoms with E-state index >= 15 is 0 Å². The molecule has 0 spiro atoms. The van der Waals surface area contributed by atoms with Crippen LogP contribution in [0.15, 0.2) is 0 Å². The molecule has 0 bridgehead atoms. The predicted octanol–water partition coefficient (Wildman–Crippen LogP) is -0.811. The maximum absolute atomic E-state index is 8.74. The van der Waals surface area contributed by atoms with E-state index in [9.17, 15) is 0 Å². The van der Waals surface area contributed by atoms with Crippen LogP contribution in [0, 0.1) is 0 Å². The first-order chi connectivity index (χ1) is 2.00. The number of hydrogen-bond acceptors (Lipinski definition) is 2. The van der Waals surface area contributed by atoms with Crippen LogP contribution in [0.25, 0.3) is 0 Å². The zero-order valence-electron chi connectivity index (χ0n) is 5.33. The molecule has 0 atom stereocenters. The Hall–Kier alpha value is 1.35. The van der Waals surface area contributed by atoms with Gasteiger partial charge in [0, 0.05) is 21.7 Å². The minimum absolute atomic E-state index is 0. The zero-order valence-corrected chi connectivity index (χ0v) is 7.12. The molecular formula is H4MgO4STi. The molecule has 0 aromatic heterocycles. The molecular weight excluding hydrogens is 168 g/mol. The molecule has 0 radical (unpaired) electrons. The smallest absolute Gasteiger partial charge is 1.00 e. The molecule has 40 valence electrons. The summed E-state index contributed by atoms with van der Waals surface area (Å²) in [6, 6.07) is 0. The Balaban J connectivity index is -0.0000000133. The Morgan fingerprint density at radius 2 is 1.29 bits per heavy atom. The molecule has 0 aromatic carbocycles. The van der Waals surface area contributed by atoms with Gasteiger partial charge in [0.1, 0.15) is 0 Å². The standard InChI is InChI=1S/Mg.H2O4S.Ti.2H/c;1-5(2,3)4;;;/h;(H2,1,2,3,4);;;/q+2;;;2*-1. The fraction of sp³-hybridized carbons (Fsp3) is 0. The van der Waals surface area contributed by atoms with Crippen molar-refractivity contribution < 1.29 is 42.1 Å². The molecule has 7 heavy (non-hydrogen) atoms. The maximum atomic E-state index is 8.74. The van der Waals surface area contributed by atoms with Crippen LogP contribution in [0.3, 0.4) is 0 Å². The van der Waals surface area contributed by atoms with Crippen LogP contribution >= 0.6 is 0 Å². The largest absolute Gasteiger partial charge is 2.00 e. The summed E-state index contributed by atoms with van der Waals surface area (Å²) in [6.45, 7) is 0. The summed E-state index contributed by atoms with van der Waals surface area (Å²) in [5, 5.41) is 0. The van der Waals surface area contributed by atoms with Crippen molar-refractivity contribution in [1.29, 1.82) is 0 Å². The van der Waals surface area contributed by atoms with E-state index in [-0.39, 0.29) is 47.6 Å². The van der Waals surface area contributed by atoms with Crippen LogP contribution < -0.4 is 0 Å². The van der Waals surface area contributed by atoms with Crippen LogP contribution in [0.1, 0.15) is 2.85 Å². The molecule has 0 amide bonds. The Morgan fingerprint density at radius 3 is 1.29 bits per heavy atom. The molecule has 7 heteroatoms. The fourth-order valence-corrected chi connectivity index (χ4v) is 0. The van der Waals surface area contributed by atoms with Crippen LogP contribution in [-0.4, -0.2) is 40.6 Å². The van der Waals surface area contributed by atoms with Crippen molar-refractivity contribution in [2.24, 2.45) is 0 Å². The SMILES string of the molecule is O=S(=O)(O)O.[H-].[H-].[Mg+2].[Ti]. The van der Waals surface area contributed by atoms with Gasteiger partial charge in [0.15, 0.2) is 0 Å². The first-order valence-corrected chi connectivity index (χ1v) is 2.10. The second kappa shape index (κ2) is 5.49. The summed E-state index contributed by atoms with van der Waals surface area (Å²) in [6.07, 6.45) is 0. The van der Waals surface area contributed by atoms with E-state index in [1.807, 2.05) is 0 Å². The van der Waals surface area contributed by atoms with Crippen LogP contribution in [0.4, 0.5) is 0 Å². The second-order valence-electron chi connectivity index (χ2n) is 0.448. The molecule has 0 saturated heterocycles. The van der Waals surface area contributed by atoms with Crippen LogP contribution in [0.5, 0.6) is 0 Å². The van der Waals surface area contributed by atoms with Crippen molar-refractivity contribution in [3.05, 3.63) is 0 Å². The van der Waals surface area contributed by atoms with E-state index < -0.39 is 10.4 Å². The summed E-state index contributed by atoms with van der Waals surface area (Å²) in [4.78, 5) is 0. The quantitative estimate of drug-likeness (QED) is 0.370. The van der Waals surface area contributed by atoms with E-state index in [0.717, 1.165) is 0 Å². The molecule has 0 aliphatic heterocycles. The average molecular weight is 172 g/mol. The Kier molecular flexibility index (Phi) is 12.4. The minimum Gasteiger partial charge on any atom is -1.00 e. The van der Waals surface area contributed by atoms with Crippen molar-refractivity contribution in [3.63, 3.8) is 0 Å². The predicted molar refractivity (Wildman–Crippen MR) is 22.2 cm³/mol. The van der Waals surface area contributed by atoms with Crippen molar-refractivity contribution in [2.45, 2.75) is 0 Å². The Morgan fingerprint density at radius 1 is 1.29 bits per heavy atom. The molecule has 0 fully saturated rings. The van der Waals surface area contributed by atoms with Gasteiger partial charge in [-0.15, -0.1) is 0 Å². The summed E-state index contributed by atoms with van der Waals surface area (Å²) in [7, 11) is -4.67. The van der Waals surface area contributed by atoms with Gasteiger partial charge in [-0.2, -0.15) is 8.42 Å². The molecule has 0 unspecified atom stereocenters. The van der Waals surface area contributed by atoms with E-state index in [1.165, 1.54) is 0 Å². The third-order valence-corrected chi connectivity index (χ3v) is 0. The molecule has 2 N–H and O–H groups in total. The molecule has 0 saturated carbocycles. The maximum Gasteiger partial charge on any atom is 2.00 e. The molecule has 0 aromatic rings. The van der Waals surface area contributed by atoms with Gasteiger partial charge < -0.3 is 2.85 Å². The molecule has 0 aliphatic carbocycles. The van der Waals surface area contributed by atoms with Gasteiger partial charge in [0.2, 0.25) is 0 Å². The topological polar surface area (TPSA) is 74.6 Å². The van der Waals surface area contributed by atoms with Crippen molar-refractivity contribution in [3.8, 4) is 0 Å². The third kappa shape index (κ3) is 115. The van der Waals surface area contributed by atoms with E-state index in [4.69, 9.17) is 17.5 Å². The number of hydrogen-bond donors (Lipinski definition) is 2. The summed E-state index contributed by atoms with van der Waals surface area (Å²) in [5.74, 6) is 0. The summed E-state index contributed by atoms with van der Waals surface area (Å²) in [5.41, 5.74) is 0. The van der Waals surface area contributed by atoms with Gasteiger partial charge in [-0.05, 0) is 0 Å². The van der Waals surface area contributed by atoms with E-state index in [1.54, 1.807) is 0 Å². The van der Waals surface area contributed by atoms with Crippen LogP contribution in [-0.2, 0) is 32.1 Å². The molecule has 0 aliphatic rings. The minimum atomic E-state index is -4.67. The van der Waals surface area contributed by atoms with E-state index in [2.05, 4.69) is 0 Å². The van der Waals surface area contributed by atoms with E-state index in [0.29, 0.717) is 0 Å². The summed E-state index contributed by atoms with van der Waals surface area (Å²) >= 11 is 0. The van der Waals surface area contributed by atoms with Gasteiger partial charge in [-0.25, -0.2) is 0 Å². The van der Waals surface area contributed by atoms with Gasteiger partial charge >= 0.3 is 33.5 Å². The summed E-state index contributed by atoms with van der Waals surface area (Å²) < 4.78 is 31.6. The van der Waals surface area contributed by atoms with Gasteiger partial charge in [0.25, 0.3) is 0 Å². The zero-order chi connectivity index (χ0) is 4.50. The monoisotopic (exact) mass is 172 g/mol. The molecule has 4 nitrogen and oxygen atoms in total. The first-order valence-electron chi connectivity index (χ1n) is 0.698. The molecule has 0 rings (SSSR count). The third-order valence-electron chi connectivity index (χ3n) is 0. The average Bonchev–Trinajstić information content (AvgIpc) is 0.722. The molecule has 0 heterocycles. The first kappa shape index (κ1) is 15.8. The Labute approximate surface area is 75.3 Å². The Bertz CT molecular complexity index is 102. The van der Waals surface area contributed by atoms with Crippen molar-refractivity contribution >= 4 is 33.5 Å². The van der Waals surface area contributed by atoms with Crippen molar-refractivity contribution in [2.75, 3.05) is 0 Å². The van der Waals surface area contributed by atoms with Gasteiger partial charge in [-0.3, -0.25) is 9.11 Å². The number of rotatable bonds is 0.